The summed E-state index contributed by atoms with van der Waals surface area (Å²) in [6, 6.07) is 0. The van der Waals surface area contributed by atoms with Crippen LogP contribution in [0.3, 0.4) is 0 Å². The van der Waals surface area contributed by atoms with E-state index in [0.29, 0.717) is 12.2 Å². The van der Waals surface area contributed by atoms with Gasteiger partial charge >= 0.3 is 0 Å². The van der Waals surface area contributed by atoms with Gasteiger partial charge < -0.3 is 9.47 Å². The van der Waals surface area contributed by atoms with E-state index in [0.717, 1.165) is 24.4 Å². The summed E-state index contributed by atoms with van der Waals surface area (Å²) in [5.74, 6) is 2.12. The first-order valence-electron chi connectivity index (χ1n) is 7.28. The molecule has 3 aliphatic heterocycles. The molecule has 3 heterocycles. The van der Waals surface area contributed by atoms with Gasteiger partial charge in [-0.1, -0.05) is 0 Å². The van der Waals surface area contributed by atoms with E-state index in [4.69, 9.17) is 9.47 Å². The van der Waals surface area contributed by atoms with Gasteiger partial charge in [0.2, 0.25) is 0 Å². The Labute approximate surface area is 109 Å². The molecule has 0 spiro atoms. The van der Waals surface area contributed by atoms with Crippen molar-refractivity contribution in [3.63, 3.8) is 0 Å². The summed E-state index contributed by atoms with van der Waals surface area (Å²) in [6.07, 6.45) is 10.2. The topological polar surface area (TPSA) is 18.5 Å². The van der Waals surface area contributed by atoms with Crippen LogP contribution in [0.4, 0.5) is 0 Å². The van der Waals surface area contributed by atoms with Crippen molar-refractivity contribution in [1.82, 2.24) is 0 Å². The zero-order chi connectivity index (χ0) is 11.5. The molecule has 0 N–H and O–H groups in total. The molecule has 98 valence electrons. The average Bonchev–Trinajstić information content (AvgIpc) is 2.94. The summed E-state index contributed by atoms with van der Waals surface area (Å²) in [6.45, 7) is 1.96. The molecule has 3 heteroatoms. The van der Waals surface area contributed by atoms with Gasteiger partial charge in [0.05, 0.1) is 12.2 Å². The van der Waals surface area contributed by atoms with Crippen molar-refractivity contribution < 1.29 is 9.47 Å². The van der Waals surface area contributed by atoms with Gasteiger partial charge in [-0.05, 0) is 56.6 Å². The van der Waals surface area contributed by atoms with E-state index in [1.807, 2.05) is 0 Å². The van der Waals surface area contributed by atoms with E-state index in [9.17, 15) is 0 Å². The van der Waals surface area contributed by atoms with Crippen LogP contribution in [0.1, 0.15) is 44.9 Å². The molecule has 0 aromatic heterocycles. The van der Waals surface area contributed by atoms with E-state index in [1.165, 1.54) is 50.7 Å². The highest BCUT2D eigenvalue weighted by molar-refractivity contribution is 8.00. The van der Waals surface area contributed by atoms with Gasteiger partial charge in [-0.15, -0.1) is 0 Å². The molecule has 4 atom stereocenters. The van der Waals surface area contributed by atoms with Crippen molar-refractivity contribution in [2.24, 2.45) is 5.92 Å². The summed E-state index contributed by atoms with van der Waals surface area (Å²) < 4.78 is 12.0. The lowest BCUT2D eigenvalue weighted by Crippen LogP contribution is -2.39. The molecule has 4 unspecified atom stereocenters. The molecule has 3 fully saturated rings. The third-order valence-electron chi connectivity index (χ3n) is 4.48. The van der Waals surface area contributed by atoms with Crippen molar-refractivity contribution in [3.8, 4) is 0 Å². The monoisotopic (exact) mass is 256 g/mol. The van der Waals surface area contributed by atoms with E-state index < -0.39 is 0 Å². The van der Waals surface area contributed by atoms with Crippen molar-refractivity contribution >= 4 is 11.8 Å². The molecule has 2 nitrogen and oxygen atoms in total. The van der Waals surface area contributed by atoms with Gasteiger partial charge in [0.25, 0.3) is 0 Å². The zero-order valence-corrected chi connectivity index (χ0v) is 11.4. The standard InChI is InChI=1S/C14H24O2S/c1-2-7-15-12(4-1)11-6-8-16-13(10-11)14-5-3-9-17-14/h11-14H,1-10H2. The summed E-state index contributed by atoms with van der Waals surface area (Å²) in [5, 5.41) is 0.779. The summed E-state index contributed by atoms with van der Waals surface area (Å²) in [7, 11) is 0. The normalized spacial score (nSPS) is 43.8. The molecule has 0 aromatic carbocycles. The molecular weight excluding hydrogens is 232 g/mol. The molecule has 3 aliphatic rings. The lowest BCUT2D eigenvalue weighted by Gasteiger charge is -2.38. The van der Waals surface area contributed by atoms with E-state index >= 15 is 0 Å². The molecule has 0 aromatic rings. The van der Waals surface area contributed by atoms with Gasteiger partial charge in [0.1, 0.15) is 0 Å². The molecule has 0 radical (unpaired) electrons. The van der Waals surface area contributed by atoms with Crippen molar-refractivity contribution in [1.29, 1.82) is 0 Å². The summed E-state index contributed by atoms with van der Waals surface area (Å²) in [4.78, 5) is 0. The maximum Gasteiger partial charge on any atom is 0.0697 e. The first-order valence-corrected chi connectivity index (χ1v) is 8.33. The lowest BCUT2D eigenvalue weighted by molar-refractivity contribution is -0.0809. The van der Waals surface area contributed by atoms with Gasteiger partial charge in [0.15, 0.2) is 0 Å². The summed E-state index contributed by atoms with van der Waals surface area (Å²) >= 11 is 2.13. The highest BCUT2D eigenvalue weighted by Gasteiger charge is 2.35. The Morgan fingerprint density at radius 3 is 2.53 bits per heavy atom. The Morgan fingerprint density at radius 2 is 1.76 bits per heavy atom. The van der Waals surface area contributed by atoms with Gasteiger partial charge in [0, 0.05) is 18.5 Å². The predicted molar refractivity (Wildman–Crippen MR) is 71.5 cm³/mol. The first kappa shape index (κ1) is 12.3. The smallest absolute Gasteiger partial charge is 0.0697 e. The molecule has 3 saturated heterocycles. The Hall–Kier alpha value is 0.270. The predicted octanol–water partition coefficient (Wildman–Crippen LogP) is 3.25. The largest absolute Gasteiger partial charge is 0.378 e. The van der Waals surface area contributed by atoms with Crippen LogP contribution < -0.4 is 0 Å². The second-order valence-electron chi connectivity index (χ2n) is 5.65. The van der Waals surface area contributed by atoms with E-state index in [-0.39, 0.29) is 0 Å². The Morgan fingerprint density at radius 1 is 0.824 bits per heavy atom. The van der Waals surface area contributed by atoms with Crippen molar-refractivity contribution in [3.05, 3.63) is 0 Å². The second kappa shape index (κ2) is 5.94. The van der Waals surface area contributed by atoms with Crippen LogP contribution in [0.25, 0.3) is 0 Å². The average molecular weight is 256 g/mol. The fourth-order valence-electron chi connectivity index (χ4n) is 3.49. The molecule has 0 aliphatic carbocycles. The van der Waals surface area contributed by atoms with Gasteiger partial charge in [-0.3, -0.25) is 0 Å². The molecule has 0 saturated carbocycles. The minimum Gasteiger partial charge on any atom is -0.378 e. The number of hydrogen-bond acceptors (Lipinski definition) is 3. The lowest BCUT2D eigenvalue weighted by atomic mass is 9.85. The maximum absolute atomic E-state index is 6.01. The second-order valence-corrected chi connectivity index (χ2v) is 7.00. The minimum atomic E-state index is 0.520. The Bertz CT molecular complexity index is 234. The highest BCUT2D eigenvalue weighted by atomic mass is 32.2. The number of hydrogen-bond donors (Lipinski definition) is 0. The van der Waals surface area contributed by atoms with Crippen LogP contribution in [0.15, 0.2) is 0 Å². The first-order chi connectivity index (χ1) is 8.43. The highest BCUT2D eigenvalue weighted by Crippen LogP contribution is 2.37. The van der Waals surface area contributed by atoms with Crippen molar-refractivity contribution in [2.75, 3.05) is 19.0 Å². The Balaban J connectivity index is 1.54. The molecule has 0 bridgehead atoms. The maximum atomic E-state index is 6.01. The van der Waals surface area contributed by atoms with Gasteiger partial charge in [-0.25, -0.2) is 0 Å². The number of ether oxygens (including phenoxy) is 2. The van der Waals surface area contributed by atoms with Crippen LogP contribution in [-0.4, -0.2) is 36.4 Å². The summed E-state index contributed by atoms with van der Waals surface area (Å²) in [5.41, 5.74) is 0. The number of thioether (sulfide) groups is 1. The fraction of sp³-hybridized carbons (Fsp3) is 1.00. The minimum absolute atomic E-state index is 0.520. The third kappa shape index (κ3) is 2.99. The van der Waals surface area contributed by atoms with Crippen LogP contribution in [0, 0.1) is 5.92 Å². The SMILES string of the molecule is C1CCC(C2CCOC(C3CCCS3)C2)OC1. The third-order valence-corrected chi connectivity index (χ3v) is 5.97. The number of rotatable bonds is 2. The van der Waals surface area contributed by atoms with Crippen LogP contribution in [0.5, 0.6) is 0 Å². The van der Waals surface area contributed by atoms with Crippen LogP contribution >= 0.6 is 11.8 Å². The van der Waals surface area contributed by atoms with Gasteiger partial charge in [-0.2, -0.15) is 11.8 Å². The van der Waals surface area contributed by atoms with Crippen LogP contribution in [0.2, 0.25) is 0 Å². The Kier molecular flexibility index (Phi) is 4.30. The van der Waals surface area contributed by atoms with Crippen LogP contribution in [-0.2, 0) is 9.47 Å². The van der Waals surface area contributed by atoms with Crippen molar-refractivity contribution in [2.45, 2.75) is 62.4 Å². The van der Waals surface area contributed by atoms with E-state index in [1.54, 1.807) is 0 Å². The fourth-order valence-corrected chi connectivity index (χ4v) is 4.86. The molecule has 17 heavy (non-hydrogen) atoms. The zero-order valence-electron chi connectivity index (χ0n) is 10.6. The quantitative estimate of drug-likeness (QED) is 0.755. The van der Waals surface area contributed by atoms with E-state index in [2.05, 4.69) is 11.8 Å². The molecular formula is C14H24O2S. The molecule has 0 amide bonds. The molecule has 3 rings (SSSR count).